The number of azo groups is 1. The molecule has 2 N–H and O–H groups in total. The molecule has 37 heavy (non-hydrogen) atoms. The number of thiophene rings is 1. The molecule has 0 unspecified atom stereocenters. The molecule has 0 saturated heterocycles. The molecule has 2 aromatic carbocycles. The van der Waals surface area contributed by atoms with E-state index in [9.17, 15) is 24.8 Å². The lowest BCUT2D eigenvalue weighted by molar-refractivity contribution is -0.114. The molecule has 3 aromatic rings. The Kier molecular flexibility index (Phi) is 7.49. The summed E-state index contributed by atoms with van der Waals surface area (Å²) in [5, 5.41) is 39.3. The highest BCUT2D eigenvalue weighted by Crippen LogP contribution is 2.42. The number of benzene rings is 2. The third kappa shape index (κ3) is 5.00. The molecule has 1 heterocycles. The fourth-order valence-electron chi connectivity index (χ4n) is 3.98. The minimum absolute atomic E-state index is 0.0275. The summed E-state index contributed by atoms with van der Waals surface area (Å²) in [6.45, 7) is 1.89. The molecular weight excluding hydrogens is 492 g/mol. The summed E-state index contributed by atoms with van der Waals surface area (Å²) in [5.41, 5.74) is 1.78. The molecule has 0 saturated carbocycles. The second-order valence-corrected chi connectivity index (χ2v) is 9.00. The van der Waals surface area contributed by atoms with E-state index in [1.807, 2.05) is 6.07 Å². The van der Waals surface area contributed by atoms with Gasteiger partial charge < -0.3 is 15.3 Å². The van der Waals surface area contributed by atoms with Gasteiger partial charge in [-0.25, -0.2) is 0 Å². The van der Waals surface area contributed by atoms with E-state index in [1.165, 1.54) is 6.92 Å². The van der Waals surface area contributed by atoms with Crippen LogP contribution >= 0.6 is 11.3 Å². The molecule has 11 heteroatoms. The van der Waals surface area contributed by atoms with Gasteiger partial charge in [0.05, 0.1) is 35.2 Å². The van der Waals surface area contributed by atoms with Crippen molar-refractivity contribution >= 4 is 50.9 Å². The van der Waals surface area contributed by atoms with Gasteiger partial charge in [-0.2, -0.15) is 10.5 Å². The first kappa shape index (κ1) is 25.4. The lowest BCUT2D eigenvalue weighted by Crippen LogP contribution is -2.27. The Morgan fingerprint density at radius 2 is 1.81 bits per heavy atom. The number of fused-ring (bicyclic) bond motifs is 2. The van der Waals surface area contributed by atoms with Crippen molar-refractivity contribution in [3.8, 4) is 12.1 Å². The lowest BCUT2D eigenvalue weighted by atomic mass is 9.87. The molecule has 0 spiro atoms. The third-order valence-corrected chi connectivity index (χ3v) is 6.69. The fraction of sp³-hybridized carbons (Fsp3) is 0.192. The molecule has 1 amide bonds. The quantitative estimate of drug-likeness (QED) is 0.329. The van der Waals surface area contributed by atoms with E-state index >= 15 is 0 Å². The number of hydrogen-bond acceptors (Lipinski definition) is 10. The highest BCUT2D eigenvalue weighted by Gasteiger charge is 2.35. The average Bonchev–Trinajstić information content (AvgIpc) is 3.27. The summed E-state index contributed by atoms with van der Waals surface area (Å²) in [6.07, 6.45) is 0.248. The maximum absolute atomic E-state index is 13.1. The zero-order valence-corrected chi connectivity index (χ0v) is 20.5. The number of ketones is 2. The number of nitrogens with one attached hydrogen (secondary N) is 1. The summed E-state index contributed by atoms with van der Waals surface area (Å²) in [5.74, 6) is -1.11. The van der Waals surface area contributed by atoms with Crippen molar-refractivity contribution < 1.29 is 19.5 Å². The highest BCUT2D eigenvalue weighted by molar-refractivity contribution is 7.18. The van der Waals surface area contributed by atoms with Crippen LogP contribution in [-0.2, 0) is 4.79 Å². The van der Waals surface area contributed by atoms with Crippen molar-refractivity contribution in [3.05, 3.63) is 69.6 Å². The van der Waals surface area contributed by atoms with E-state index in [1.54, 1.807) is 47.4 Å². The van der Waals surface area contributed by atoms with E-state index in [-0.39, 0.29) is 62.5 Å². The van der Waals surface area contributed by atoms with Crippen LogP contribution in [-0.4, -0.2) is 42.3 Å². The third-order valence-electron chi connectivity index (χ3n) is 5.62. The van der Waals surface area contributed by atoms with Crippen LogP contribution < -0.4 is 10.2 Å². The van der Waals surface area contributed by atoms with Crippen molar-refractivity contribution in [2.45, 2.75) is 13.3 Å². The minimum Gasteiger partial charge on any atom is -0.395 e. The van der Waals surface area contributed by atoms with Crippen LogP contribution in [0.15, 0.2) is 52.7 Å². The molecule has 4 rings (SSSR count). The number of anilines is 2. The fourth-order valence-corrected chi connectivity index (χ4v) is 5.00. The molecule has 10 nitrogen and oxygen atoms in total. The normalized spacial score (nSPS) is 12.0. The van der Waals surface area contributed by atoms with E-state index in [2.05, 4.69) is 21.6 Å². The van der Waals surface area contributed by atoms with Gasteiger partial charge in [0.25, 0.3) is 0 Å². The number of amides is 1. The number of aliphatic hydroxyl groups is 1. The van der Waals surface area contributed by atoms with Crippen molar-refractivity contribution in [2.75, 3.05) is 29.9 Å². The number of nitriles is 2. The van der Waals surface area contributed by atoms with Gasteiger partial charge in [-0.15, -0.1) is 21.6 Å². The molecule has 1 aromatic heterocycles. The number of hydrogen-bond donors (Lipinski definition) is 2. The van der Waals surface area contributed by atoms with E-state index < -0.39 is 5.78 Å². The first-order chi connectivity index (χ1) is 17.9. The van der Waals surface area contributed by atoms with Gasteiger partial charge >= 0.3 is 0 Å². The number of rotatable bonds is 8. The van der Waals surface area contributed by atoms with E-state index in [0.29, 0.717) is 24.5 Å². The Morgan fingerprint density at radius 3 is 2.46 bits per heavy atom. The van der Waals surface area contributed by atoms with Gasteiger partial charge in [-0.05, 0) is 18.2 Å². The van der Waals surface area contributed by atoms with Crippen molar-refractivity contribution in [1.82, 2.24) is 0 Å². The lowest BCUT2D eigenvalue weighted by Gasteiger charge is -2.23. The van der Waals surface area contributed by atoms with Crippen molar-refractivity contribution in [3.63, 3.8) is 0 Å². The van der Waals surface area contributed by atoms with Crippen LogP contribution in [0.25, 0.3) is 0 Å². The Hall–Kier alpha value is -4.71. The molecule has 0 radical (unpaired) electrons. The summed E-state index contributed by atoms with van der Waals surface area (Å²) >= 11 is 0.917. The van der Waals surface area contributed by atoms with Crippen LogP contribution in [0.4, 0.5) is 22.1 Å². The van der Waals surface area contributed by atoms with Crippen LogP contribution in [0.2, 0.25) is 0 Å². The van der Waals surface area contributed by atoms with Crippen LogP contribution in [0.5, 0.6) is 0 Å². The Balaban J connectivity index is 1.73. The molecule has 0 fully saturated rings. The standard InChI is InChI=1S/C26H20N6O4S/c1-15(34)29-21-13-16(32(11-12-33)10-4-9-27)7-8-20(21)30-31-26-19(14-28)22-23(35)17-5-2-3-6-18(17)24(36)25(22)37-26/h2-3,5-8,13,33H,4,10-12H2,1H3,(H,29,34). The zero-order valence-electron chi connectivity index (χ0n) is 19.7. The van der Waals surface area contributed by atoms with Crippen LogP contribution in [0.3, 0.4) is 0 Å². The maximum atomic E-state index is 13.1. The monoisotopic (exact) mass is 512 g/mol. The van der Waals surface area contributed by atoms with Crippen LogP contribution in [0, 0.1) is 22.7 Å². The first-order valence-corrected chi connectivity index (χ1v) is 12.0. The Labute approximate surface area is 216 Å². The van der Waals surface area contributed by atoms with E-state index in [4.69, 9.17) is 5.26 Å². The Morgan fingerprint density at radius 1 is 1.08 bits per heavy atom. The smallest absolute Gasteiger partial charge is 0.221 e. The predicted octanol–water partition coefficient (Wildman–Crippen LogP) is 4.48. The number of carbonyl (C=O) groups is 3. The topological polar surface area (TPSA) is 159 Å². The number of carbonyl (C=O) groups excluding carboxylic acids is 3. The molecule has 0 bridgehead atoms. The van der Waals surface area contributed by atoms with Crippen molar-refractivity contribution in [1.29, 1.82) is 10.5 Å². The van der Waals surface area contributed by atoms with Gasteiger partial charge in [-0.1, -0.05) is 24.3 Å². The molecule has 1 aliphatic rings. The summed E-state index contributed by atoms with van der Waals surface area (Å²) in [7, 11) is 0. The average molecular weight is 513 g/mol. The largest absolute Gasteiger partial charge is 0.395 e. The second kappa shape index (κ2) is 10.9. The van der Waals surface area contributed by atoms with Gasteiger partial charge in [0.15, 0.2) is 10.8 Å². The number of nitrogens with zero attached hydrogens (tertiary/aromatic N) is 5. The molecule has 184 valence electrons. The first-order valence-electron chi connectivity index (χ1n) is 11.2. The number of aliphatic hydroxyl groups excluding tert-OH is 1. The minimum atomic E-state index is -0.413. The van der Waals surface area contributed by atoms with Crippen LogP contribution in [0.1, 0.15) is 50.1 Å². The van der Waals surface area contributed by atoms with Gasteiger partial charge in [0, 0.05) is 36.8 Å². The van der Waals surface area contributed by atoms with Gasteiger partial charge in [0.1, 0.15) is 17.3 Å². The van der Waals surface area contributed by atoms with Gasteiger partial charge in [-0.3, -0.25) is 14.4 Å². The SMILES string of the molecule is CC(=O)Nc1cc(N(CCO)CCC#N)ccc1N=Nc1sc2c(c1C#N)C(=O)c1ccccc1C2=O. The maximum Gasteiger partial charge on any atom is 0.221 e. The zero-order chi connectivity index (χ0) is 26.5. The highest BCUT2D eigenvalue weighted by atomic mass is 32.1. The summed E-state index contributed by atoms with van der Waals surface area (Å²) in [6, 6.07) is 15.5. The summed E-state index contributed by atoms with van der Waals surface area (Å²) < 4.78 is 0. The molecule has 0 atom stereocenters. The summed E-state index contributed by atoms with van der Waals surface area (Å²) in [4.78, 5) is 39.8. The van der Waals surface area contributed by atoms with E-state index in [0.717, 1.165) is 11.3 Å². The molecule has 0 aliphatic heterocycles. The van der Waals surface area contributed by atoms with Gasteiger partial charge in [0.2, 0.25) is 11.7 Å². The molecule has 1 aliphatic carbocycles. The second-order valence-electron chi connectivity index (χ2n) is 8.00. The molecular formula is C26H20N6O4S. The predicted molar refractivity (Wildman–Crippen MR) is 137 cm³/mol. The Bertz CT molecular complexity index is 1530. The van der Waals surface area contributed by atoms with Crippen molar-refractivity contribution in [2.24, 2.45) is 10.2 Å².